The predicted molar refractivity (Wildman–Crippen MR) is 115 cm³/mol. The molecule has 2 aromatic rings. The third-order valence-electron chi connectivity index (χ3n) is 5.46. The van der Waals surface area contributed by atoms with Gasteiger partial charge in [0.2, 0.25) is 5.91 Å². The Balaban J connectivity index is 1.46. The number of likely N-dealkylation sites (N-methyl/N-ethyl adjacent to an activating group) is 1. The Morgan fingerprint density at radius 3 is 2.54 bits per heavy atom. The third kappa shape index (κ3) is 6.38. The van der Waals surface area contributed by atoms with Gasteiger partial charge in [-0.25, -0.2) is 0 Å². The van der Waals surface area contributed by atoms with Crippen LogP contribution in [-0.4, -0.2) is 37.0 Å². The molecule has 1 N–H and O–H groups in total. The molecule has 0 aliphatic heterocycles. The van der Waals surface area contributed by atoms with Gasteiger partial charge in [0.1, 0.15) is 5.75 Å². The van der Waals surface area contributed by atoms with Crippen LogP contribution in [0.25, 0.3) is 0 Å². The summed E-state index contributed by atoms with van der Waals surface area (Å²) in [7, 11) is 2.06. The minimum Gasteiger partial charge on any atom is -0.491 e. The smallest absolute Gasteiger partial charge is 0.238 e. The summed E-state index contributed by atoms with van der Waals surface area (Å²) in [5.41, 5.74) is 2.07. The third-order valence-corrected chi connectivity index (χ3v) is 5.46. The van der Waals surface area contributed by atoms with Gasteiger partial charge >= 0.3 is 0 Å². The molecule has 0 radical (unpaired) electrons. The number of aryl methyl sites for hydroxylation is 1. The highest BCUT2D eigenvalue weighted by atomic mass is 16.5. The highest BCUT2D eigenvalue weighted by Crippen LogP contribution is 2.25. The molecule has 1 fully saturated rings. The van der Waals surface area contributed by atoms with Crippen molar-refractivity contribution in [3.63, 3.8) is 0 Å². The lowest BCUT2D eigenvalue weighted by molar-refractivity contribution is -0.117. The zero-order valence-electron chi connectivity index (χ0n) is 16.9. The van der Waals surface area contributed by atoms with Crippen molar-refractivity contribution in [2.24, 2.45) is 0 Å². The van der Waals surface area contributed by atoms with Crippen LogP contribution in [0.4, 0.5) is 5.69 Å². The van der Waals surface area contributed by atoms with Gasteiger partial charge in [0.25, 0.3) is 0 Å². The number of nitrogens with one attached hydrogen (secondary N) is 1. The number of anilines is 1. The number of para-hydroxylation sites is 2. The van der Waals surface area contributed by atoms with Crippen LogP contribution < -0.4 is 10.1 Å². The van der Waals surface area contributed by atoms with E-state index in [2.05, 4.69) is 41.5 Å². The lowest BCUT2D eigenvalue weighted by Crippen LogP contribution is -2.39. The lowest BCUT2D eigenvalue weighted by atomic mass is 9.94. The van der Waals surface area contributed by atoms with E-state index in [0.29, 0.717) is 19.2 Å². The second kappa shape index (κ2) is 10.9. The Morgan fingerprint density at radius 1 is 1.04 bits per heavy atom. The molecule has 150 valence electrons. The van der Waals surface area contributed by atoms with Crippen molar-refractivity contribution in [2.45, 2.75) is 51.0 Å². The van der Waals surface area contributed by atoms with Gasteiger partial charge in [-0.3, -0.25) is 9.69 Å². The summed E-state index contributed by atoms with van der Waals surface area (Å²) >= 11 is 0. The minimum absolute atomic E-state index is 0.0217. The number of amides is 1. The van der Waals surface area contributed by atoms with Gasteiger partial charge in [-0.05, 0) is 50.4 Å². The molecule has 0 aromatic heterocycles. The molecule has 4 nitrogen and oxygen atoms in total. The molecule has 0 atom stereocenters. The van der Waals surface area contributed by atoms with Crippen molar-refractivity contribution >= 4 is 11.6 Å². The van der Waals surface area contributed by atoms with Crippen LogP contribution >= 0.6 is 0 Å². The van der Waals surface area contributed by atoms with Crippen molar-refractivity contribution in [1.82, 2.24) is 4.90 Å². The highest BCUT2D eigenvalue weighted by molar-refractivity contribution is 5.93. The molecule has 3 rings (SSSR count). The van der Waals surface area contributed by atoms with Crippen LogP contribution in [0, 0.1) is 0 Å². The number of ether oxygens (including phenoxy) is 1. The summed E-state index contributed by atoms with van der Waals surface area (Å²) < 4.78 is 5.95. The molecule has 0 unspecified atom stereocenters. The number of nitrogens with zero attached hydrogens (tertiary/aromatic N) is 1. The van der Waals surface area contributed by atoms with Gasteiger partial charge in [0.15, 0.2) is 0 Å². The molecule has 1 aliphatic rings. The maximum absolute atomic E-state index is 12.5. The van der Waals surface area contributed by atoms with E-state index in [1.165, 1.54) is 37.7 Å². The monoisotopic (exact) mass is 380 g/mol. The minimum atomic E-state index is 0.0217. The van der Waals surface area contributed by atoms with Gasteiger partial charge in [0, 0.05) is 6.04 Å². The zero-order chi connectivity index (χ0) is 19.6. The van der Waals surface area contributed by atoms with Crippen molar-refractivity contribution in [1.29, 1.82) is 0 Å². The fraction of sp³-hybridized carbons (Fsp3) is 0.458. The summed E-state index contributed by atoms with van der Waals surface area (Å²) in [5, 5.41) is 3.03. The average Bonchev–Trinajstić information content (AvgIpc) is 2.73. The highest BCUT2D eigenvalue weighted by Gasteiger charge is 2.20. The van der Waals surface area contributed by atoms with Crippen molar-refractivity contribution < 1.29 is 9.53 Å². The van der Waals surface area contributed by atoms with Crippen LogP contribution in [0.2, 0.25) is 0 Å². The Morgan fingerprint density at radius 2 is 1.75 bits per heavy atom. The molecule has 0 spiro atoms. The SMILES string of the molecule is CN(CC(=O)Nc1ccccc1OCCCc1ccccc1)C1CCCCC1. The fourth-order valence-corrected chi connectivity index (χ4v) is 3.87. The number of carbonyl (C=O) groups is 1. The van der Waals surface area contributed by atoms with E-state index < -0.39 is 0 Å². The van der Waals surface area contributed by atoms with Gasteiger partial charge in [-0.15, -0.1) is 0 Å². The van der Waals surface area contributed by atoms with Gasteiger partial charge in [-0.1, -0.05) is 61.7 Å². The molecule has 2 aromatic carbocycles. The van der Waals surface area contributed by atoms with Gasteiger partial charge in [0.05, 0.1) is 18.8 Å². The van der Waals surface area contributed by atoms with Crippen LogP contribution in [0.15, 0.2) is 54.6 Å². The zero-order valence-corrected chi connectivity index (χ0v) is 16.9. The first-order valence-electron chi connectivity index (χ1n) is 10.5. The summed E-state index contributed by atoms with van der Waals surface area (Å²) in [5.74, 6) is 0.762. The standard InChI is InChI=1S/C24H32N2O2/c1-26(21-14-6-3-7-15-21)19-24(27)25-22-16-8-9-17-23(22)28-18-10-13-20-11-4-2-5-12-20/h2,4-5,8-9,11-12,16-17,21H,3,6-7,10,13-15,18-19H2,1H3,(H,25,27). The molecule has 0 bridgehead atoms. The number of carbonyl (C=O) groups excluding carboxylic acids is 1. The van der Waals surface area contributed by atoms with E-state index in [9.17, 15) is 4.79 Å². The summed E-state index contributed by atoms with van der Waals surface area (Å²) in [6.45, 7) is 1.05. The maximum atomic E-state index is 12.5. The number of benzene rings is 2. The molecular weight excluding hydrogens is 348 g/mol. The van der Waals surface area contributed by atoms with Crippen LogP contribution in [-0.2, 0) is 11.2 Å². The number of hydrogen-bond acceptors (Lipinski definition) is 3. The number of hydrogen-bond donors (Lipinski definition) is 1. The quantitative estimate of drug-likeness (QED) is 0.629. The van der Waals surface area contributed by atoms with E-state index in [4.69, 9.17) is 4.74 Å². The molecule has 1 amide bonds. The first-order chi connectivity index (χ1) is 13.7. The first-order valence-corrected chi connectivity index (χ1v) is 10.5. The van der Waals surface area contributed by atoms with E-state index >= 15 is 0 Å². The lowest BCUT2D eigenvalue weighted by Gasteiger charge is -2.30. The second-order valence-corrected chi connectivity index (χ2v) is 7.69. The second-order valence-electron chi connectivity index (χ2n) is 7.69. The predicted octanol–water partition coefficient (Wildman–Crippen LogP) is 4.90. The van der Waals surface area contributed by atoms with Crippen LogP contribution in [0.3, 0.4) is 0 Å². The Bertz CT molecular complexity index is 726. The topological polar surface area (TPSA) is 41.6 Å². The van der Waals surface area contributed by atoms with Gasteiger partial charge in [-0.2, -0.15) is 0 Å². The molecule has 0 heterocycles. The normalized spacial score (nSPS) is 14.8. The summed E-state index contributed by atoms with van der Waals surface area (Å²) in [4.78, 5) is 14.7. The summed E-state index contributed by atoms with van der Waals surface area (Å²) in [6, 6.07) is 18.7. The fourth-order valence-electron chi connectivity index (χ4n) is 3.87. The first kappa shape index (κ1) is 20.4. The van der Waals surface area contributed by atoms with Crippen molar-refractivity contribution in [2.75, 3.05) is 25.5 Å². The average molecular weight is 381 g/mol. The van der Waals surface area contributed by atoms with Crippen molar-refractivity contribution in [3.8, 4) is 5.75 Å². The van der Waals surface area contributed by atoms with Crippen molar-refractivity contribution in [3.05, 3.63) is 60.2 Å². The molecule has 28 heavy (non-hydrogen) atoms. The Hall–Kier alpha value is -2.33. The van der Waals surface area contributed by atoms with Crippen LogP contribution in [0.5, 0.6) is 5.75 Å². The van der Waals surface area contributed by atoms with E-state index in [0.717, 1.165) is 24.3 Å². The molecular formula is C24H32N2O2. The van der Waals surface area contributed by atoms with E-state index in [1.807, 2.05) is 30.3 Å². The van der Waals surface area contributed by atoms with E-state index in [-0.39, 0.29) is 5.91 Å². The largest absolute Gasteiger partial charge is 0.491 e. The molecule has 0 saturated heterocycles. The molecule has 1 aliphatic carbocycles. The molecule has 1 saturated carbocycles. The Labute approximate surface area is 168 Å². The summed E-state index contributed by atoms with van der Waals surface area (Å²) in [6.07, 6.45) is 8.20. The van der Waals surface area contributed by atoms with Crippen LogP contribution in [0.1, 0.15) is 44.1 Å². The Kier molecular flexibility index (Phi) is 7.92. The molecule has 4 heteroatoms. The maximum Gasteiger partial charge on any atom is 0.238 e. The van der Waals surface area contributed by atoms with Gasteiger partial charge < -0.3 is 10.1 Å². The number of rotatable bonds is 9. The van der Waals surface area contributed by atoms with E-state index in [1.54, 1.807) is 0 Å².